The van der Waals surface area contributed by atoms with Crippen molar-refractivity contribution >= 4 is 11.8 Å². The van der Waals surface area contributed by atoms with E-state index < -0.39 is 24.5 Å². The van der Waals surface area contributed by atoms with Gasteiger partial charge in [0.05, 0.1) is 0 Å². The first-order valence-electron chi connectivity index (χ1n) is 5.85. The standard InChI is InChI=1S/C13H16F3NO3/c1-12(2,3)20-11(18)17-9-4-6-10(7-5-9)19-8-13(14,15)16/h4-7H,8H2,1-3H3,(H,17,18). The van der Waals surface area contributed by atoms with Crippen molar-refractivity contribution < 1.29 is 27.4 Å². The number of rotatable bonds is 3. The Morgan fingerprint density at radius 2 is 1.70 bits per heavy atom. The number of anilines is 1. The van der Waals surface area contributed by atoms with Gasteiger partial charge in [-0.1, -0.05) is 0 Å². The highest BCUT2D eigenvalue weighted by atomic mass is 19.4. The largest absolute Gasteiger partial charge is 0.484 e. The first-order chi connectivity index (χ1) is 9.05. The van der Waals surface area contributed by atoms with Crippen molar-refractivity contribution in [1.29, 1.82) is 0 Å². The lowest BCUT2D eigenvalue weighted by Gasteiger charge is -2.19. The van der Waals surface area contributed by atoms with Crippen LogP contribution in [0.4, 0.5) is 23.7 Å². The molecule has 1 rings (SSSR count). The summed E-state index contributed by atoms with van der Waals surface area (Å²) in [5, 5.41) is 2.46. The number of hydrogen-bond donors (Lipinski definition) is 1. The van der Waals surface area contributed by atoms with E-state index in [2.05, 4.69) is 10.1 Å². The molecule has 4 nitrogen and oxygen atoms in total. The Hall–Kier alpha value is -1.92. The van der Waals surface area contributed by atoms with Crippen LogP contribution in [0.25, 0.3) is 0 Å². The molecule has 112 valence electrons. The van der Waals surface area contributed by atoms with E-state index in [-0.39, 0.29) is 5.75 Å². The van der Waals surface area contributed by atoms with Crippen molar-refractivity contribution in [3.8, 4) is 5.75 Å². The van der Waals surface area contributed by atoms with Gasteiger partial charge in [0.1, 0.15) is 11.4 Å². The first kappa shape index (κ1) is 16.1. The Labute approximate surface area is 114 Å². The van der Waals surface area contributed by atoms with Gasteiger partial charge in [0, 0.05) is 5.69 Å². The van der Waals surface area contributed by atoms with Gasteiger partial charge in [-0.15, -0.1) is 0 Å². The van der Waals surface area contributed by atoms with Crippen LogP contribution in [0.1, 0.15) is 20.8 Å². The summed E-state index contributed by atoms with van der Waals surface area (Å²) in [6.45, 7) is 3.81. The highest BCUT2D eigenvalue weighted by molar-refractivity contribution is 5.84. The number of carbonyl (C=O) groups excluding carboxylic acids is 1. The number of halogens is 3. The molecule has 0 aliphatic rings. The normalized spacial score (nSPS) is 11.9. The fourth-order valence-electron chi connectivity index (χ4n) is 1.22. The topological polar surface area (TPSA) is 47.6 Å². The lowest BCUT2D eigenvalue weighted by atomic mass is 10.2. The third-order valence-corrected chi connectivity index (χ3v) is 1.90. The molecule has 0 fully saturated rings. The molecule has 0 aliphatic carbocycles. The molecule has 1 aromatic rings. The summed E-state index contributed by atoms with van der Waals surface area (Å²) in [5.74, 6) is 0.0667. The van der Waals surface area contributed by atoms with E-state index in [1.807, 2.05) is 0 Å². The molecule has 0 radical (unpaired) electrons. The first-order valence-corrected chi connectivity index (χ1v) is 5.85. The number of alkyl halides is 3. The number of nitrogens with one attached hydrogen (secondary N) is 1. The maximum atomic E-state index is 12.0. The second-order valence-electron chi connectivity index (χ2n) is 5.06. The van der Waals surface area contributed by atoms with Crippen LogP contribution in [0.2, 0.25) is 0 Å². The Morgan fingerprint density at radius 1 is 1.15 bits per heavy atom. The average molecular weight is 291 g/mol. The number of carbonyl (C=O) groups is 1. The molecule has 1 amide bonds. The van der Waals surface area contributed by atoms with Crippen molar-refractivity contribution in [3.63, 3.8) is 0 Å². The molecule has 0 spiro atoms. The molecule has 7 heteroatoms. The molecule has 1 aromatic carbocycles. The molecule has 0 aliphatic heterocycles. The smallest absolute Gasteiger partial charge is 0.422 e. The average Bonchev–Trinajstić information content (AvgIpc) is 2.24. The molecule has 0 aromatic heterocycles. The summed E-state index contributed by atoms with van der Waals surface area (Å²) >= 11 is 0. The SMILES string of the molecule is CC(C)(C)OC(=O)Nc1ccc(OCC(F)(F)F)cc1. The number of ether oxygens (including phenoxy) is 2. The van der Waals surface area contributed by atoms with E-state index in [1.54, 1.807) is 20.8 Å². The van der Waals surface area contributed by atoms with Crippen molar-refractivity contribution in [2.45, 2.75) is 32.5 Å². The monoisotopic (exact) mass is 291 g/mol. The van der Waals surface area contributed by atoms with Crippen LogP contribution in [0, 0.1) is 0 Å². The van der Waals surface area contributed by atoms with Gasteiger partial charge in [0.15, 0.2) is 6.61 Å². The molecule has 1 N–H and O–H groups in total. The van der Waals surface area contributed by atoms with Gasteiger partial charge in [-0.2, -0.15) is 13.2 Å². The van der Waals surface area contributed by atoms with Crippen molar-refractivity contribution in [1.82, 2.24) is 0 Å². The Morgan fingerprint density at radius 3 is 2.15 bits per heavy atom. The zero-order valence-corrected chi connectivity index (χ0v) is 11.4. The molecule has 0 bridgehead atoms. The van der Waals surface area contributed by atoms with Gasteiger partial charge in [0.2, 0.25) is 0 Å². The highest BCUT2D eigenvalue weighted by Crippen LogP contribution is 2.20. The van der Waals surface area contributed by atoms with Crippen molar-refractivity contribution in [2.24, 2.45) is 0 Å². The summed E-state index contributed by atoms with van der Waals surface area (Å²) in [7, 11) is 0. The second kappa shape index (κ2) is 6.02. The lowest BCUT2D eigenvalue weighted by molar-refractivity contribution is -0.153. The van der Waals surface area contributed by atoms with Crippen LogP contribution >= 0.6 is 0 Å². The van der Waals surface area contributed by atoms with Gasteiger partial charge in [-0.25, -0.2) is 4.79 Å². The molecule has 0 saturated heterocycles. The van der Waals surface area contributed by atoms with Crippen LogP contribution < -0.4 is 10.1 Å². The predicted molar refractivity (Wildman–Crippen MR) is 67.8 cm³/mol. The van der Waals surface area contributed by atoms with Gasteiger partial charge >= 0.3 is 12.3 Å². The second-order valence-corrected chi connectivity index (χ2v) is 5.06. The van der Waals surface area contributed by atoms with Crippen molar-refractivity contribution in [3.05, 3.63) is 24.3 Å². The van der Waals surface area contributed by atoms with Crippen LogP contribution in [-0.2, 0) is 4.74 Å². The minimum Gasteiger partial charge on any atom is -0.484 e. The van der Waals surface area contributed by atoms with Crippen molar-refractivity contribution in [2.75, 3.05) is 11.9 Å². The van der Waals surface area contributed by atoms with E-state index in [9.17, 15) is 18.0 Å². The summed E-state index contributed by atoms with van der Waals surface area (Å²) < 4.78 is 45.4. The Kier molecular flexibility index (Phi) is 4.86. The van der Waals surface area contributed by atoms with Gasteiger partial charge < -0.3 is 9.47 Å². The lowest BCUT2D eigenvalue weighted by Crippen LogP contribution is -2.27. The Balaban J connectivity index is 2.52. The van der Waals surface area contributed by atoms with E-state index >= 15 is 0 Å². The molecular formula is C13H16F3NO3. The number of hydrogen-bond acceptors (Lipinski definition) is 3. The third kappa shape index (κ3) is 6.86. The minimum absolute atomic E-state index is 0.0667. The van der Waals surface area contributed by atoms with Crippen LogP contribution in [-0.4, -0.2) is 24.5 Å². The van der Waals surface area contributed by atoms with Gasteiger partial charge in [-0.3, -0.25) is 5.32 Å². The molecular weight excluding hydrogens is 275 g/mol. The quantitative estimate of drug-likeness (QED) is 0.916. The highest BCUT2D eigenvalue weighted by Gasteiger charge is 2.28. The predicted octanol–water partition coefficient (Wildman–Crippen LogP) is 3.97. The van der Waals surface area contributed by atoms with Crippen LogP contribution in [0.5, 0.6) is 5.75 Å². The summed E-state index contributed by atoms with van der Waals surface area (Å²) in [5.41, 5.74) is -0.224. The van der Waals surface area contributed by atoms with E-state index in [0.29, 0.717) is 5.69 Å². The molecule has 0 heterocycles. The summed E-state index contributed by atoms with van der Waals surface area (Å²) in [6, 6.07) is 5.52. The number of amides is 1. The maximum Gasteiger partial charge on any atom is 0.422 e. The fourth-order valence-corrected chi connectivity index (χ4v) is 1.22. The summed E-state index contributed by atoms with van der Waals surface area (Å²) in [4.78, 5) is 11.5. The van der Waals surface area contributed by atoms with Gasteiger partial charge in [0.25, 0.3) is 0 Å². The van der Waals surface area contributed by atoms with E-state index in [0.717, 1.165) is 0 Å². The minimum atomic E-state index is -4.38. The molecule has 0 atom stereocenters. The van der Waals surface area contributed by atoms with Crippen LogP contribution in [0.15, 0.2) is 24.3 Å². The fraction of sp³-hybridized carbons (Fsp3) is 0.462. The summed E-state index contributed by atoms with van der Waals surface area (Å²) in [6.07, 6.45) is -5.02. The third-order valence-electron chi connectivity index (χ3n) is 1.90. The van der Waals surface area contributed by atoms with E-state index in [4.69, 9.17) is 4.74 Å². The zero-order valence-electron chi connectivity index (χ0n) is 11.4. The van der Waals surface area contributed by atoms with Gasteiger partial charge in [-0.05, 0) is 45.0 Å². The van der Waals surface area contributed by atoms with Crippen LogP contribution in [0.3, 0.4) is 0 Å². The van der Waals surface area contributed by atoms with E-state index in [1.165, 1.54) is 24.3 Å². The molecule has 0 unspecified atom stereocenters. The molecule has 20 heavy (non-hydrogen) atoms. The maximum absolute atomic E-state index is 12.0. The zero-order chi connectivity index (χ0) is 15.4. The molecule has 0 saturated carbocycles. The Bertz CT molecular complexity index is 449. The number of benzene rings is 1.